The molecule has 0 unspecified atom stereocenters. The smallest absolute Gasteiger partial charge is 0.250 e. The third kappa shape index (κ3) is 3.26. The number of primary amides is 1. The van der Waals surface area contributed by atoms with Crippen LogP contribution in [-0.2, 0) is 6.42 Å². The first-order valence-electron chi connectivity index (χ1n) is 6.38. The molecule has 0 saturated heterocycles. The Labute approximate surface area is 118 Å². The minimum absolute atomic E-state index is 0.303. The number of nitrogen functional groups attached to an aromatic ring is 1. The summed E-state index contributed by atoms with van der Waals surface area (Å²) in [5.41, 5.74) is 12.8. The molecule has 1 amide bonds. The quantitative estimate of drug-likeness (QED) is 0.861. The molecular weight excluding hydrogens is 252 g/mol. The number of amides is 1. The van der Waals surface area contributed by atoms with E-state index in [0.29, 0.717) is 17.1 Å². The summed E-state index contributed by atoms with van der Waals surface area (Å²) in [6.07, 6.45) is 2.36. The molecule has 5 heteroatoms. The lowest BCUT2D eigenvalue weighted by Gasteiger charge is -2.19. The standard InChI is InChI=1S/C15H18N4O/c1-19(8-7-11-5-3-2-4-6-11)14-9-12(15(17)20)13(16)10-18-14/h2-6,9-10H,7-8,16H2,1H3,(H2,17,20). The molecule has 20 heavy (non-hydrogen) atoms. The van der Waals surface area contributed by atoms with Crippen molar-refractivity contribution in [1.82, 2.24) is 4.98 Å². The van der Waals surface area contributed by atoms with Crippen LogP contribution >= 0.6 is 0 Å². The summed E-state index contributed by atoms with van der Waals surface area (Å²) in [6.45, 7) is 0.791. The number of aromatic nitrogens is 1. The van der Waals surface area contributed by atoms with Crippen LogP contribution in [-0.4, -0.2) is 24.5 Å². The molecule has 0 aliphatic rings. The van der Waals surface area contributed by atoms with E-state index >= 15 is 0 Å². The van der Waals surface area contributed by atoms with Gasteiger partial charge in [0.15, 0.2) is 0 Å². The van der Waals surface area contributed by atoms with Crippen LogP contribution in [0, 0.1) is 0 Å². The summed E-state index contributed by atoms with van der Waals surface area (Å²) in [6, 6.07) is 11.8. The average Bonchev–Trinajstić information content (AvgIpc) is 2.46. The molecule has 1 aromatic heterocycles. The van der Waals surface area contributed by atoms with E-state index in [1.165, 1.54) is 11.8 Å². The van der Waals surface area contributed by atoms with Gasteiger partial charge in [0.2, 0.25) is 0 Å². The number of carbonyl (C=O) groups excluding carboxylic acids is 1. The maximum atomic E-state index is 11.3. The van der Waals surface area contributed by atoms with Gasteiger partial charge in [-0.05, 0) is 18.1 Å². The topological polar surface area (TPSA) is 85.2 Å². The summed E-state index contributed by atoms with van der Waals surface area (Å²) < 4.78 is 0. The zero-order valence-electron chi connectivity index (χ0n) is 11.4. The van der Waals surface area contributed by atoms with Gasteiger partial charge in [-0.25, -0.2) is 4.98 Å². The van der Waals surface area contributed by atoms with Gasteiger partial charge < -0.3 is 16.4 Å². The minimum Gasteiger partial charge on any atom is -0.397 e. The number of benzene rings is 1. The fourth-order valence-corrected chi connectivity index (χ4v) is 1.93. The number of hydrogen-bond donors (Lipinski definition) is 2. The van der Waals surface area contributed by atoms with Crippen LogP contribution in [0.4, 0.5) is 11.5 Å². The Morgan fingerprint density at radius 2 is 2.00 bits per heavy atom. The van der Waals surface area contributed by atoms with Crippen LogP contribution in [0.2, 0.25) is 0 Å². The normalized spacial score (nSPS) is 10.2. The van der Waals surface area contributed by atoms with Gasteiger partial charge >= 0.3 is 0 Å². The van der Waals surface area contributed by atoms with Gasteiger partial charge in [-0.15, -0.1) is 0 Å². The number of carbonyl (C=O) groups is 1. The fraction of sp³-hybridized carbons (Fsp3) is 0.200. The summed E-state index contributed by atoms with van der Waals surface area (Å²) >= 11 is 0. The average molecular weight is 270 g/mol. The lowest BCUT2D eigenvalue weighted by atomic mass is 10.1. The van der Waals surface area contributed by atoms with E-state index in [4.69, 9.17) is 11.5 Å². The van der Waals surface area contributed by atoms with Gasteiger partial charge in [0.05, 0.1) is 17.4 Å². The van der Waals surface area contributed by atoms with E-state index in [1.54, 1.807) is 6.07 Å². The molecule has 0 aliphatic heterocycles. The van der Waals surface area contributed by atoms with Crippen molar-refractivity contribution in [3.05, 3.63) is 53.7 Å². The Morgan fingerprint density at radius 1 is 1.30 bits per heavy atom. The first-order valence-corrected chi connectivity index (χ1v) is 6.38. The van der Waals surface area contributed by atoms with Crippen LogP contribution in [0.3, 0.4) is 0 Å². The number of rotatable bonds is 5. The zero-order chi connectivity index (χ0) is 14.5. The highest BCUT2D eigenvalue weighted by Crippen LogP contribution is 2.17. The van der Waals surface area contributed by atoms with Gasteiger partial charge in [-0.1, -0.05) is 30.3 Å². The highest BCUT2D eigenvalue weighted by molar-refractivity contribution is 5.98. The van der Waals surface area contributed by atoms with Gasteiger partial charge in [0.1, 0.15) is 5.82 Å². The second-order valence-electron chi connectivity index (χ2n) is 4.65. The first-order chi connectivity index (χ1) is 9.58. The molecule has 0 atom stereocenters. The molecule has 0 bridgehead atoms. The molecule has 1 aromatic carbocycles. The summed E-state index contributed by atoms with van der Waals surface area (Å²) in [7, 11) is 1.92. The second-order valence-corrected chi connectivity index (χ2v) is 4.65. The Hall–Kier alpha value is -2.56. The predicted octanol–water partition coefficient (Wildman–Crippen LogP) is 1.44. The third-order valence-corrected chi connectivity index (χ3v) is 3.16. The maximum absolute atomic E-state index is 11.3. The molecule has 0 aliphatic carbocycles. The van der Waals surface area contributed by atoms with Gasteiger partial charge in [-0.3, -0.25) is 4.79 Å². The number of nitrogens with two attached hydrogens (primary N) is 2. The SMILES string of the molecule is CN(CCc1ccccc1)c1cc(C(N)=O)c(N)cn1. The van der Waals surface area contributed by atoms with Crippen LogP contribution in [0.15, 0.2) is 42.6 Å². The largest absolute Gasteiger partial charge is 0.397 e. The monoisotopic (exact) mass is 270 g/mol. The maximum Gasteiger partial charge on any atom is 0.250 e. The number of likely N-dealkylation sites (N-methyl/N-ethyl adjacent to an activating group) is 1. The minimum atomic E-state index is -0.539. The highest BCUT2D eigenvalue weighted by Gasteiger charge is 2.10. The van der Waals surface area contributed by atoms with Crippen molar-refractivity contribution in [2.75, 3.05) is 24.2 Å². The molecule has 2 aromatic rings. The molecule has 2 rings (SSSR count). The van der Waals surface area contributed by atoms with Gasteiger partial charge in [0, 0.05) is 13.6 Å². The van der Waals surface area contributed by atoms with Crippen LogP contribution in [0.5, 0.6) is 0 Å². The molecular formula is C15H18N4O. The van der Waals surface area contributed by atoms with Crippen molar-refractivity contribution in [1.29, 1.82) is 0 Å². The van der Waals surface area contributed by atoms with Crippen molar-refractivity contribution in [3.8, 4) is 0 Å². The summed E-state index contributed by atoms with van der Waals surface area (Å²) in [5, 5.41) is 0. The summed E-state index contributed by atoms with van der Waals surface area (Å²) in [5.74, 6) is 0.145. The van der Waals surface area contributed by atoms with Crippen molar-refractivity contribution in [2.24, 2.45) is 5.73 Å². The molecule has 0 spiro atoms. The van der Waals surface area contributed by atoms with Crippen molar-refractivity contribution < 1.29 is 4.79 Å². The lowest BCUT2D eigenvalue weighted by Crippen LogP contribution is -2.23. The molecule has 104 valence electrons. The highest BCUT2D eigenvalue weighted by atomic mass is 16.1. The van der Waals surface area contributed by atoms with E-state index in [0.717, 1.165) is 13.0 Å². The molecule has 1 heterocycles. The predicted molar refractivity (Wildman–Crippen MR) is 80.6 cm³/mol. The van der Waals surface area contributed by atoms with Crippen molar-refractivity contribution in [2.45, 2.75) is 6.42 Å². The van der Waals surface area contributed by atoms with Crippen LogP contribution in [0.25, 0.3) is 0 Å². The van der Waals surface area contributed by atoms with Gasteiger partial charge in [-0.2, -0.15) is 0 Å². The molecule has 5 nitrogen and oxygen atoms in total. The number of anilines is 2. The molecule has 0 radical (unpaired) electrons. The summed E-state index contributed by atoms with van der Waals surface area (Å²) in [4.78, 5) is 17.5. The zero-order valence-corrected chi connectivity index (χ0v) is 11.4. The van der Waals surface area contributed by atoms with E-state index in [1.807, 2.05) is 30.1 Å². The van der Waals surface area contributed by atoms with Crippen LogP contribution in [0.1, 0.15) is 15.9 Å². The number of hydrogen-bond acceptors (Lipinski definition) is 4. The molecule has 0 fully saturated rings. The first kappa shape index (κ1) is 13.9. The van der Waals surface area contributed by atoms with E-state index < -0.39 is 5.91 Å². The van der Waals surface area contributed by atoms with E-state index in [2.05, 4.69) is 17.1 Å². The fourth-order valence-electron chi connectivity index (χ4n) is 1.93. The lowest BCUT2D eigenvalue weighted by molar-refractivity contribution is 0.100. The van der Waals surface area contributed by atoms with Crippen LogP contribution < -0.4 is 16.4 Å². The number of nitrogens with zero attached hydrogens (tertiary/aromatic N) is 2. The van der Waals surface area contributed by atoms with Gasteiger partial charge in [0.25, 0.3) is 5.91 Å². The van der Waals surface area contributed by atoms with Crippen molar-refractivity contribution >= 4 is 17.4 Å². The van der Waals surface area contributed by atoms with E-state index in [9.17, 15) is 4.79 Å². The van der Waals surface area contributed by atoms with E-state index in [-0.39, 0.29) is 0 Å². The van der Waals surface area contributed by atoms with Crippen molar-refractivity contribution in [3.63, 3.8) is 0 Å². The Kier molecular flexibility index (Phi) is 4.20. The number of pyridine rings is 1. The Morgan fingerprint density at radius 3 is 2.65 bits per heavy atom. The molecule has 4 N–H and O–H groups in total. The third-order valence-electron chi connectivity index (χ3n) is 3.16. The Bertz CT molecular complexity index is 598. The molecule has 0 saturated carbocycles. The second kappa shape index (κ2) is 6.06. The Balaban J connectivity index is 2.07.